The van der Waals surface area contributed by atoms with Crippen LogP contribution in [0.2, 0.25) is 0 Å². The summed E-state index contributed by atoms with van der Waals surface area (Å²) in [7, 11) is 0. The molecule has 31 heavy (non-hydrogen) atoms. The first-order valence-electron chi connectivity index (χ1n) is 11.0. The van der Waals surface area contributed by atoms with Gasteiger partial charge in [-0.1, -0.05) is 51.4 Å². The largest absolute Gasteiger partial charge is 0.374 e. The SMILES string of the molecule is CC(C)(CCCCCCCCCCCS)OCCOCc1c(F)c(F)c(F)c(F)c1F. The van der Waals surface area contributed by atoms with E-state index in [1.54, 1.807) is 0 Å². The minimum atomic E-state index is -2.17. The van der Waals surface area contributed by atoms with E-state index in [-0.39, 0.29) is 18.8 Å². The predicted octanol–water partition coefficient (Wildman–Crippen LogP) is 7.52. The van der Waals surface area contributed by atoms with Crippen LogP contribution in [0.1, 0.15) is 83.6 Å². The Balaban J connectivity index is 2.16. The fraction of sp³-hybridized carbons (Fsp3) is 0.739. The molecule has 1 rings (SSSR count). The molecule has 0 amide bonds. The average molecular weight is 471 g/mol. The third-order valence-electron chi connectivity index (χ3n) is 5.20. The van der Waals surface area contributed by atoms with Crippen LogP contribution in [0.25, 0.3) is 0 Å². The van der Waals surface area contributed by atoms with Crippen LogP contribution in [0.15, 0.2) is 0 Å². The lowest BCUT2D eigenvalue weighted by atomic mass is 9.99. The monoisotopic (exact) mass is 470 g/mol. The second-order valence-corrected chi connectivity index (χ2v) is 8.81. The van der Waals surface area contributed by atoms with Gasteiger partial charge in [0, 0.05) is 0 Å². The van der Waals surface area contributed by atoms with Crippen molar-refractivity contribution in [3.05, 3.63) is 34.6 Å². The molecular formula is C23H35F5O2S. The maximum atomic E-state index is 13.6. The van der Waals surface area contributed by atoms with Crippen molar-refractivity contribution in [3.63, 3.8) is 0 Å². The number of ether oxygens (including phenoxy) is 2. The summed E-state index contributed by atoms with van der Waals surface area (Å²) in [5, 5.41) is 0. The fourth-order valence-corrected chi connectivity index (χ4v) is 3.52. The van der Waals surface area contributed by atoms with Crippen molar-refractivity contribution in [1.82, 2.24) is 0 Å². The molecule has 0 aliphatic rings. The molecule has 8 heteroatoms. The maximum Gasteiger partial charge on any atom is 0.200 e. The summed E-state index contributed by atoms with van der Waals surface area (Å²) in [6, 6.07) is 0. The van der Waals surface area contributed by atoms with Crippen LogP contribution in [-0.4, -0.2) is 24.6 Å². The molecule has 0 saturated carbocycles. The van der Waals surface area contributed by atoms with Gasteiger partial charge in [-0.05, 0) is 32.4 Å². The molecular weight excluding hydrogens is 435 g/mol. The molecule has 1 aromatic rings. The molecule has 0 aliphatic carbocycles. The van der Waals surface area contributed by atoms with Gasteiger partial charge in [0.15, 0.2) is 23.3 Å². The van der Waals surface area contributed by atoms with Crippen LogP contribution in [0.5, 0.6) is 0 Å². The molecule has 0 spiro atoms. The second-order valence-electron chi connectivity index (χ2n) is 8.36. The number of unbranched alkanes of at least 4 members (excludes halogenated alkanes) is 8. The number of halogens is 5. The smallest absolute Gasteiger partial charge is 0.200 e. The summed E-state index contributed by atoms with van der Waals surface area (Å²) in [5.74, 6) is -8.87. The van der Waals surface area contributed by atoms with Gasteiger partial charge in [0.25, 0.3) is 0 Å². The summed E-state index contributed by atoms with van der Waals surface area (Å²) < 4.78 is 77.4. The molecule has 0 aromatic heterocycles. The number of benzene rings is 1. The Kier molecular flexibility index (Phi) is 13.7. The standard InChI is InChI=1S/C23H35F5O2S/c1-23(2,12-10-8-6-4-3-5-7-9-11-15-31)30-14-13-29-16-17-18(24)20(26)22(28)21(27)19(17)25/h31H,3-16H2,1-2H3. The topological polar surface area (TPSA) is 18.5 Å². The Bertz CT molecular complexity index is 626. The van der Waals surface area contributed by atoms with Crippen LogP contribution < -0.4 is 0 Å². The van der Waals surface area contributed by atoms with Crippen molar-refractivity contribution in [2.24, 2.45) is 0 Å². The molecule has 180 valence electrons. The zero-order chi connectivity index (χ0) is 23.3. The molecule has 0 aliphatic heterocycles. The zero-order valence-corrected chi connectivity index (χ0v) is 19.4. The minimum absolute atomic E-state index is 0.0177. The highest BCUT2D eigenvalue weighted by atomic mass is 32.1. The van der Waals surface area contributed by atoms with Crippen LogP contribution >= 0.6 is 12.6 Å². The van der Waals surface area contributed by atoms with Gasteiger partial charge in [-0.2, -0.15) is 12.6 Å². The van der Waals surface area contributed by atoms with Gasteiger partial charge >= 0.3 is 0 Å². The first-order chi connectivity index (χ1) is 14.7. The lowest BCUT2D eigenvalue weighted by Gasteiger charge is -2.25. The molecule has 0 bridgehead atoms. The normalized spacial score (nSPS) is 12.0. The lowest BCUT2D eigenvalue weighted by Crippen LogP contribution is -2.26. The highest BCUT2D eigenvalue weighted by Gasteiger charge is 2.25. The van der Waals surface area contributed by atoms with Crippen LogP contribution in [0, 0.1) is 29.1 Å². The van der Waals surface area contributed by atoms with Crippen molar-refractivity contribution in [1.29, 1.82) is 0 Å². The minimum Gasteiger partial charge on any atom is -0.374 e. The van der Waals surface area contributed by atoms with E-state index in [2.05, 4.69) is 12.6 Å². The maximum absolute atomic E-state index is 13.6. The van der Waals surface area contributed by atoms with Gasteiger partial charge in [-0.3, -0.25) is 0 Å². The molecule has 0 unspecified atom stereocenters. The molecule has 0 heterocycles. The van der Waals surface area contributed by atoms with Gasteiger partial charge in [0.1, 0.15) is 0 Å². The van der Waals surface area contributed by atoms with Gasteiger partial charge in [0.05, 0.1) is 31.0 Å². The number of rotatable bonds is 17. The molecule has 0 saturated heterocycles. The highest BCUT2D eigenvalue weighted by molar-refractivity contribution is 7.80. The van der Waals surface area contributed by atoms with Crippen molar-refractivity contribution in [2.45, 2.75) is 90.3 Å². The van der Waals surface area contributed by atoms with Crippen LogP contribution in [0.3, 0.4) is 0 Å². The van der Waals surface area contributed by atoms with Crippen LogP contribution in [0.4, 0.5) is 22.0 Å². The van der Waals surface area contributed by atoms with Crippen molar-refractivity contribution < 1.29 is 31.4 Å². The van der Waals surface area contributed by atoms with Crippen molar-refractivity contribution >= 4 is 12.6 Å². The zero-order valence-electron chi connectivity index (χ0n) is 18.6. The molecule has 1 aromatic carbocycles. The van der Waals surface area contributed by atoms with Gasteiger partial charge < -0.3 is 9.47 Å². The van der Waals surface area contributed by atoms with E-state index in [9.17, 15) is 22.0 Å². The summed E-state index contributed by atoms with van der Waals surface area (Å²) in [5.41, 5.74) is -1.35. The van der Waals surface area contributed by atoms with E-state index in [1.165, 1.54) is 44.9 Å². The number of hydrogen-bond donors (Lipinski definition) is 1. The Morgan fingerprint density at radius 1 is 0.645 bits per heavy atom. The molecule has 0 N–H and O–H groups in total. The Morgan fingerprint density at radius 3 is 1.61 bits per heavy atom. The van der Waals surface area contributed by atoms with E-state index in [1.807, 2.05) is 13.8 Å². The van der Waals surface area contributed by atoms with E-state index < -0.39 is 41.3 Å². The Hall–Kier alpha value is -0.860. The van der Waals surface area contributed by atoms with E-state index in [0.717, 1.165) is 25.0 Å². The van der Waals surface area contributed by atoms with E-state index in [4.69, 9.17) is 9.47 Å². The highest BCUT2D eigenvalue weighted by Crippen LogP contribution is 2.24. The Morgan fingerprint density at radius 2 is 1.10 bits per heavy atom. The Labute approximate surface area is 188 Å². The number of hydrogen-bond acceptors (Lipinski definition) is 3. The summed E-state index contributed by atoms with van der Waals surface area (Å²) in [4.78, 5) is 0. The second kappa shape index (κ2) is 15.1. The average Bonchev–Trinajstić information content (AvgIpc) is 2.74. The molecule has 0 atom stereocenters. The summed E-state index contributed by atoms with van der Waals surface area (Å²) in [6.07, 6.45) is 11.8. The number of thiol groups is 1. The van der Waals surface area contributed by atoms with Gasteiger partial charge in [-0.25, -0.2) is 22.0 Å². The predicted molar refractivity (Wildman–Crippen MR) is 116 cm³/mol. The first-order valence-corrected chi connectivity index (χ1v) is 11.7. The third-order valence-corrected chi connectivity index (χ3v) is 5.52. The summed E-state index contributed by atoms with van der Waals surface area (Å²) in [6.45, 7) is 3.34. The summed E-state index contributed by atoms with van der Waals surface area (Å²) >= 11 is 4.21. The third kappa shape index (κ3) is 10.5. The van der Waals surface area contributed by atoms with Crippen molar-refractivity contribution in [3.8, 4) is 0 Å². The van der Waals surface area contributed by atoms with Gasteiger partial charge in [-0.15, -0.1) is 0 Å². The van der Waals surface area contributed by atoms with Crippen molar-refractivity contribution in [2.75, 3.05) is 19.0 Å². The quantitative estimate of drug-likeness (QED) is 0.0834. The molecule has 2 nitrogen and oxygen atoms in total. The molecule has 0 radical (unpaired) electrons. The molecule has 0 fully saturated rings. The lowest BCUT2D eigenvalue weighted by molar-refractivity contribution is -0.0542. The van der Waals surface area contributed by atoms with Crippen LogP contribution in [-0.2, 0) is 16.1 Å². The van der Waals surface area contributed by atoms with Gasteiger partial charge in [0.2, 0.25) is 5.82 Å². The van der Waals surface area contributed by atoms with E-state index >= 15 is 0 Å². The van der Waals surface area contributed by atoms with E-state index in [0.29, 0.717) is 0 Å². The first kappa shape index (κ1) is 28.2. The fourth-order valence-electron chi connectivity index (χ4n) is 3.30.